The number of cyclic esters (lactones) is 2. The number of esters is 5. The first-order valence-corrected chi connectivity index (χ1v) is 44.0. The number of benzene rings is 5. The summed E-state index contributed by atoms with van der Waals surface area (Å²) < 4.78 is 61.6. The molecular weight excluding hydrogens is 1900 g/mol. The Kier molecular flexibility index (Phi) is 41.6. The first-order valence-electron chi connectivity index (χ1n) is 44.0. The molecule has 11 aliphatic heterocycles. The van der Waals surface area contributed by atoms with Gasteiger partial charge in [-0.3, -0.25) is 107 Å². The van der Waals surface area contributed by atoms with E-state index < -0.39 is 159 Å². The smallest absolute Gasteiger partial charge is 0.410 e. The quantitative estimate of drug-likeness (QED) is 0.0375. The molecule has 0 bridgehead atoms. The van der Waals surface area contributed by atoms with E-state index in [4.69, 9.17) is 25.4 Å². The van der Waals surface area contributed by atoms with Gasteiger partial charge in [0.2, 0.25) is 41.4 Å². The van der Waals surface area contributed by atoms with E-state index in [1.165, 1.54) is 32.9 Å². The van der Waals surface area contributed by atoms with Gasteiger partial charge < -0.3 is 75.2 Å². The van der Waals surface area contributed by atoms with E-state index in [2.05, 4.69) is 62.8 Å². The number of nitrogens with two attached hydrogens (primary N) is 1. The van der Waals surface area contributed by atoms with Crippen molar-refractivity contribution in [3.63, 3.8) is 0 Å². The highest BCUT2D eigenvalue weighted by atomic mass is 35.5. The number of anilines is 2. The van der Waals surface area contributed by atoms with Gasteiger partial charge in [0.1, 0.15) is 46.8 Å². The summed E-state index contributed by atoms with van der Waals surface area (Å²) in [6.07, 6.45) is 1.49. The Morgan fingerprint density at radius 3 is 1.20 bits per heavy atom. The normalized spacial score (nSPS) is 20.3. The molecule has 4 unspecified atom stereocenters. The number of piperazine rings is 3. The maximum Gasteiger partial charge on any atom is 0.410 e. The lowest BCUT2D eigenvalue weighted by atomic mass is 10.0. The Bertz CT molecular complexity index is 5690. The van der Waals surface area contributed by atoms with Crippen molar-refractivity contribution in [2.24, 2.45) is 5.73 Å². The lowest BCUT2D eigenvalue weighted by molar-refractivity contribution is -0.156. The molecule has 0 saturated carbocycles. The number of fused-ring (bicyclic) bond motifs is 4. The molecule has 43 nitrogen and oxygen atoms in total. The van der Waals surface area contributed by atoms with Crippen LogP contribution in [0, 0.1) is 17.5 Å². The number of hydrogen-bond acceptors (Lipinski definition) is 32. The van der Waals surface area contributed by atoms with Crippen LogP contribution in [0.15, 0.2) is 91.0 Å². The molecule has 11 aliphatic rings. The van der Waals surface area contributed by atoms with Crippen LogP contribution in [0.25, 0.3) is 0 Å². The molecule has 16 rings (SSSR count). The fourth-order valence-corrected chi connectivity index (χ4v) is 15.2. The SMILES string of the molecule is CC(=O)OC(C)=O.CCOC(C)=O.C[C@H]1CN(c2ccc3c(c2)C(=O)N(C2CCC(=O)NC2=O)C3=O)CCN1.C[C@H]1CN(c2ccc3c(c2)C(=O)N(C2CCC(=O)NC2=O)C3=O)CCN1C(=O)OC(C)(C)C.C[C@H]1CNCCN1C(=O)OC(C)(C)C.Cl.Cl.NC1CCC(=O)NC1.O=C(O)c1ccc(F)cc1C(=O)O.O=C1CCC(N2C(=O)c3ccc(F)cc3C2=O)C(=O)N1.O=C1OC(=O)c2cc(F)ccc21. The number of carboxylic acid groups (broad SMARTS) is 2. The lowest BCUT2D eigenvalue weighted by Crippen LogP contribution is -2.55. The fraction of sp³-hybridized carbons (Fsp3) is 0.441. The largest absolute Gasteiger partial charge is 0.478 e. The molecular formula is C93H111Cl2F3N14O29. The van der Waals surface area contributed by atoms with Crippen molar-refractivity contribution in [1.82, 2.24) is 56.4 Å². The highest BCUT2D eigenvalue weighted by Gasteiger charge is 2.49. The van der Waals surface area contributed by atoms with Crippen LogP contribution in [0.4, 0.5) is 34.1 Å². The third kappa shape index (κ3) is 31.5. The van der Waals surface area contributed by atoms with Gasteiger partial charge in [-0.05, 0) is 186 Å². The maximum absolute atomic E-state index is 13.2. The molecule has 0 radical (unpaired) electrons. The summed E-state index contributed by atoms with van der Waals surface area (Å²) in [5.41, 5.74) is 6.45. The molecule has 7 atom stereocenters. The van der Waals surface area contributed by atoms with Crippen LogP contribution in [0.1, 0.15) is 245 Å². The van der Waals surface area contributed by atoms with Gasteiger partial charge in [0.25, 0.3) is 35.4 Å². The number of hydrogen-bond donors (Lipinski definition) is 9. The van der Waals surface area contributed by atoms with Crippen LogP contribution in [-0.2, 0) is 71.6 Å². The number of ether oxygens (including phenoxy) is 5. The first-order chi connectivity index (χ1) is 65.2. The third-order valence-electron chi connectivity index (χ3n) is 21.7. The minimum atomic E-state index is -1.46. The molecule has 7 fully saturated rings. The molecule has 0 aliphatic carbocycles. The van der Waals surface area contributed by atoms with E-state index in [9.17, 15) is 119 Å². The molecule has 762 valence electrons. The number of nitrogens with zero attached hydrogens (tertiary/aromatic N) is 7. The van der Waals surface area contributed by atoms with Crippen molar-refractivity contribution in [3.05, 3.63) is 164 Å². The van der Waals surface area contributed by atoms with Crippen LogP contribution in [0.3, 0.4) is 0 Å². The Labute approximate surface area is 818 Å². The van der Waals surface area contributed by atoms with Crippen molar-refractivity contribution in [2.75, 3.05) is 81.9 Å². The zero-order valence-electron chi connectivity index (χ0n) is 79.2. The standard InChI is InChI=1S/C23H28N4O6.C18H20N4O4.C13H9FN2O4.C10H20N2O2.C8H5FO4.C8H3FO3.C5H10N2O.C4H6O3.C4H8O2.2ClH/c1-13-12-25(9-10-26(13)22(32)33-23(2,3)4)14-5-6-15-16(11-14)21(31)27(20(15)30)17-7-8-18(28)24-19(17)29;1-10-9-21(7-6-19-10)11-2-3-12-13(8-11)18(26)22(17(12)25)14-4-5-15(23)20-16(14)24;14-6-1-2-7-8(5-6)13(20)16(12(7)19)9-3-4-10(17)15-11(9)18;1-8-7-11-5-6-12(8)9(13)14-10(2,3)4;9-4-1-2-5(7(10)11)6(3-4)8(12)13;9-4-1-2-5-6(3-4)8(11)12-7(5)10;6-4-1-2-5(8)7-3-4;1-3(5)7-4(2)6;1-3-6-4(2)5;;/h5-6,11,13,17H,7-10,12H2,1-4H3,(H,24,28,29);2-3,8,10,14,19H,4-7,9H2,1H3,(H,20,23,24);1-2,5,9H,3-4H2,(H,15,17,18);8,11H,5-7H2,1-4H3;1-3H,(H,10,11)(H,12,13);1-3H;4H,1-3,6H2,(H,7,8);1-2H3;3H2,1-2H3;2*1H/t13-,17?;10-,14?;;8-;;;;;;;/m00.0......./s1. The average Bonchev–Trinajstić information content (AvgIpc) is 1.61. The number of carbonyl (C=O) groups excluding carboxylic acids is 20. The Morgan fingerprint density at radius 2 is 0.830 bits per heavy atom. The molecule has 141 heavy (non-hydrogen) atoms. The van der Waals surface area contributed by atoms with E-state index in [0.717, 1.165) is 108 Å². The van der Waals surface area contributed by atoms with Gasteiger partial charge in [-0.15, -0.1) is 24.8 Å². The summed E-state index contributed by atoms with van der Waals surface area (Å²) in [6.45, 7) is 30.3. The molecule has 15 amide bonds. The minimum Gasteiger partial charge on any atom is -0.478 e. The zero-order chi connectivity index (χ0) is 103. The van der Waals surface area contributed by atoms with Gasteiger partial charge in [0.15, 0.2) is 0 Å². The molecule has 5 aromatic carbocycles. The predicted molar refractivity (Wildman–Crippen MR) is 495 cm³/mol. The molecule has 11 heterocycles. The predicted octanol–water partition coefficient (Wildman–Crippen LogP) is 5.95. The van der Waals surface area contributed by atoms with Crippen molar-refractivity contribution >= 4 is 167 Å². The Hall–Kier alpha value is -14.5. The van der Waals surface area contributed by atoms with E-state index in [0.29, 0.717) is 62.4 Å². The lowest BCUT2D eigenvalue weighted by Gasteiger charge is -2.41. The highest BCUT2D eigenvalue weighted by molar-refractivity contribution is 6.26. The van der Waals surface area contributed by atoms with Crippen molar-refractivity contribution in [2.45, 2.75) is 195 Å². The minimum absolute atomic E-state index is 0. The Morgan fingerprint density at radius 1 is 0.440 bits per heavy atom. The van der Waals surface area contributed by atoms with Crippen LogP contribution < -0.4 is 47.4 Å². The van der Waals surface area contributed by atoms with Crippen LogP contribution in [0.2, 0.25) is 0 Å². The Balaban J connectivity index is 0.000000255. The average molecular weight is 2020 g/mol. The van der Waals surface area contributed by atoms with E-state index in [1.54, 1.807) is 47.1 Å². The second-order valence-corrected chi connectivity index (χ2v) is 34.8. The monoisotopic (exact) mass is 2010 g/mol. The summed E-state index contributed by atoms with van der Waals surface area (Å²) in [6, 6.07) is 17.1. The molecule has 0 aromatic heterocycles. The van der Waals surface area contributed by atoms with Crippen LogP contribution in [0.5, 0.6) is 0 Å². The third-order valence-corrected chi connectivity index (χ3v) is 21.7. The number of halogens is 5. The molecule has 48 heteroatoms. The number of aromatic carboxylic acids is 2. The zero-order valence-corrected chi connectivity index (χ0v) is 80.8. The van der Waals surface area contributed by atoms with Crippen LogP contribution >= 0.6 is 24.8 Å². The van der Waals surface area contributed by atoms with E-state index in [1.807, 2.05) is 61.5 Å². The molecule has 7 saturated heterocycles. The topological polar surface area (TPSA) is 583 Å². The summed E-state index contributed by atoms with van der Waals surface area (Å²) in [7, 11) is 0. The van der Waals surface area contributed by atoms with Crippen molar-refractivity contribution < 1.29 is 153 Å². The molecule has 5 aromatic rings. The van der Waals surface area contributed by atoms with Gasteiger partial charge in [-0.1, -0.05) is 0 Å². The second kappa shape index (κ2) is 50.9. The first kappa shape index (κ1) is 115. The number of piperidine rings is 4. The summed E-state index contributed by atoms with van der Waals surface area (Å²) >= 11 is 0. The molecule has 0 spiro atoms. The number of amides is 15. The van der Waals surface area contributed by atoms with E-state index >= 15 is 0 Å². The highest BCUT2D eigenvalue weighted by Crippen LogP contribution is 2.35. The maximum atomic E-state index is 13.2. The number of rotatable bonds is 8. The van der Waals surface area contributed by atoms with Gasteiger partial charge in [0.05, 0.1) is 62.2 Å². The van der Waals surface area contributed by atoms with E-state index in [-0.39, 0.29) is 145 Å². The summed E-state index contributed by atoms with van der Waals surface area (Å²) in [5.74, 6) is -14.0. The van der Waals surface area contributed by atoms with Gasteiger partial charge >= 0.3 is 54.0 Å². The van der Waals surface area contributed by atoms with Crippen molar-refractivity contribution in [3.8, 4) is 0 Å². The van der Waals surface area contributed by atoms with Crippen molar-refractivity contribution in [1.29, 1.82) is 0 Å². The second-order valence-electron chi connectivity index (χ2n) is 34.8. The summed E-state index contributed by atoms with van der Waals surface area (Å²) in [4.78, 5) is 263. The van der Waals surface area contributed by atoms with Gasteiger partial charge in [-0.25, -0.2) is 41.9 Å². The number of carbonyl (C=O) groups is 22. The summed E-state index contributed by atoms with van der Waals surface area (Å²) in [5, 5.41) is 32.8. The van der Waals surface area contributed by atoms with Crippen LogP contribution in [-0.4, -0.2) is 291 Å². The number of carboxylic acids is 2. The van der Waals surface area contributed by atoms with Gasteiger partial charge in [-0.2, -0.15) is 0 Å². The number of nitrogens with one attached hydrogen (secondary N) is 6. The molecule has 10 N–H and O–H groups in total. The fourth-order valence-electron chi connectivity index (χ4n) is 15.2. The number of imide groups is 6. The van der Waals surface area contributed by atoms with Gasteiger partial charge in [0, 0.05) is 147 Å².